The minimum atomic E-state index is -0.147. The van der Waals surface area contributed by atoms with Gasteiger partial charge in [-0.25, -0.2) is 4.98 Å². The number of carbonyl (C=O) groups excluding carboxylic acids is 1. The first-order valence-electron chi connectivity index (χ1n) is 9.50. The third-order valence-electron chi connectivity index (χ3n) is 4.84. The Hall–Kier alpha value is -3.31. The lowest BCUT2D eigenvalue weighted by atomic mass is 10.2. The van der Waals surface area contributed by atoms with Crippen LogP contribution in [0.3, 0.4) is 0 Å². The summed E-state index contributed by atoms with van der Waals surface area (Å²) < 4.78 is 12.4. The number of anilines is 1. The van der Waals surface area contributed by atoms with Gasteiger partial charge in [0, 0.05) is 36.8 Å². The molecule has 152 valence electrons. The van der Waals surface area contributed by atoms with Gasteiger partial charge in [0.2, 0.25) is 0 Å². The van der Waals surface area contributed by atoms with Crippen LogP contribution in [0.15, 0.2) is 63.6 Å². The highest BCUT2D eigenvalue weighted by Gasteiger charge is 2.25. The molecule has 1 saturated heterocycles. The molecular formula is C22H19BrN4O3. The summed E-state index contributed by atoms with van der Waals surface area (Å²) in [6.45, 7) is 2.53. The molecule has 3 heterocycles. The van der Waals surface area contributed by atoms with Gasteiger partial charge in [-0.3, -0.25) is 4.79 Å². The van der Waals surface area contributed by atoms with E-state index in [1.54, 1.807) is 35.4 Å². The molecule has 0 atom stereocenters. The molecule has 0 unspecified atom stereocenters. The van der Waals surface area contributed by atoms with Crippen LogP contribution in [0.25, 0.3) is 0 Å². The van der Waals surface area contributed by atoms with Gasteiger partial charge >= 0.3 is 0 Å². The van der Waals surface area contributed by atoms with Gasteiger partial charge < -0.3 is 19.0 Å². The van der Waals surface area contributed by atoms with Gasteiger partial charge in [-0.05, 0) is 48.5 Å². The van der Waals surface area contributed by atoms with Crippen molar-refractivity contribution in [2.24, 2.45) is 0 Å². The van der Waals surface area contributed by atoms with Crippen LogP contribution in [-0.4, -0.2) is 42.0 Å². The topological polar surface area (TPSA) is 82.6 Å². The summed E-state index contributed by atoms with van der Waals surface area (Å²) in [5.41, 5.74) is 0.540. The molecule has 7 nitrogen and oxygen atoms in total. The van der Waals surface area contributed by atoms with Crippen molar-refractivity contribution >= 4 is 27.7 Å². The van der Waals surface area contributed by atoms with Crippen molar-refractivity contribution in [3.05, 3.63) is 76.3 Å². The second kappa shape index (κ2) is 9.01. The number of pyridine rings is 1. The molecule has 0 N–H and O–H groups in total. The molecule has 1 aliphatic heterocycles. The molecule has 8 heteroatoms. The summed E-state index contributed by atoms with van der Waals surface area (Å²) in [4.78, 5) is 20.9. The smallest absolute Gasteiger partial charge is 0.289 e. The Morgan fingerprint density at radius 2 is 1.90 bits per heavy atom. The van der Waals surface area contributed by atoms with E-state index in [1.807, 2.05) is 29.2 Å². The Morgan fingerprint density at radius 1 is 1.13 bits per heavy atom. The van der Waals surface area contributed by atoms with Crippen LogP contribution in [0.2, 0.25) is 0 Å². The van der Waals surface area contributed by atoms with Crippen molar-refractivity contribution in [1.29, 1.82) is 5.26 Å². The van der Waals surface area contributed by atoms with Crippen LogP contribution in [0.4, 0.5) is 5.82 Å². The lowest BCUT2D eigenvalue weighted by Gasteiger charge is -2.35. The first kappa shape index (κ1) is 20.0. The van der Waals surface area contributed by atoms with Crippen molar-refractivity contribution in [3.63, 3.8) is 0 Å². The zero-order chi connectivity index (χ0) is 20.9. The average Bonchev–Trinajstić information content (AvgIpc) is 3.27. The summed E-state index contributed by atoms with van der Waals surface area (Å²) in [7, 11) is 0. The van der Waals surface area contributed by atoms with Crippen molar-refractivity contribution in [3.8, 4) is 11.8 Å². The summed E-state index contributed by atoms with van der Waals surface area (Å²) in [6, 6.07) is 16.6. The third kappa shape index (κ3) is 4.47. The number of amides is 1. The van der Waals surface area contributed by atoms with E-state index in [-0.39, 0.29) is 12.5 Å². The third-order valence-corrected chi connectivity index (χ3v) is 5.37. The van der Waals surface area contributed by atoms with Crippen molar-refractivity contribution in [1.82, 2.24) is 9.88 Å². The highest BCUT2D eigenvalue weighted by Crippen LogP contribution is 2.21. The molecule has 1 fully saturated rings. The van der Waals surface area contributed by atoms with Crippen molar-refractivity contribution < 1.29 is 13.9 Å². The molecule has 4 rings (SSSR count). The van der Waals surface area contributed by atoms with E-state index in [0.717, 1.165) is 10.2 Å². The lowest BCUT2D eigenvalue weighted by Crippen LogP contribution is -2.49. The average molecular weight is 467 g/mol. The number of hydrogen-bond donors (Lipinski definition) is 0. The highest BCUT2D eigenvalue weighted by atomic mass is 79.9. The fourth-order valence-electron chi connectivity index (χ4n) is 3.27. The normalized spacial score (nSPS) is 13.7. The van der Waals surface area contributed by atoms with Gasteiger partial charge in [-0.1, -0.05) is 15.9 Å². The first-order valence-corrected chi connectivity index (χ1v) is 10.3. The van der Waals surface area contributed by atoms with Gasteiger partial charge in [0.1, 0.15) is 30.0 Å². The molecule has 0 bridgehead atoms. The van der Waals surface area contributed by atoms with E-state index in [0.29, 0.717) is 49.1 Å². The zero-order valence-corrected chi connectivity index (χ0v) is 17.7. The minimum Gasteiger partial charge on any atom is -0.486 e. The maximum Gasteiger partial charge on any atom is 0.289 e. The number of hydrogen-bond acceptors (Lipinski definition) is 6. The van der Waals surface area contributed by atoms with Gasteiger partial charge in [-0.15, -0.1) is 0 Å². The largest absolute Gasteiger partial charge is 0.486 e. The van der Waals surface area contributed by atoms with Crippen LogP contribution in [0.1, 0.15) is 21.9 Å². The van der Waals surface area contributed by atoms with Gasteiger partial charge in [0.05, 0.1) is 5.56 Å². The Morgan fingerprint density at radius 3 is 2.63 bits per heavy atom. The summed E-state index contributed by atoms with van der Waals surface area (Å²) in [5.74, 6) is 2.13. The number of halogens is 1. The number of rotatable bonds is 5. The molecule has 1 amide bonds. The Kier molecular flexibility index (Phi) is 6.00. The second-order valence-corrected chi connectivity index (χ2v) is 7.69. The first-order chi connectivity index (χ1) is 14.6. The van der Waals surface area contributed by atoms with Crippen LogP contribution >= 0.6 is 15.9 Å². The number of piperazine rings is 1. The lowest BCUT2D eigenvalue weighted by molar-refractivity contribution is 0.0710. The molecule has 0 spiro atoms. The Bertz CT molecular complexity index is 1070. The van der Waals surface area contributed by atoms with Gasteiger partial charge in [-0.2, -0.15) is 5.26 Å². The van der Waals surface area contributed by atoms with E-state index in [4.69, 9.17) is 9.15 Å². The van der Waals surface area contributed by atoms with Crippen LogP contribution in [0, 0.1) is 11.3 Å². The maximum absolute atomic E-state index is 12.8. The van der Waals surface area contributed by atoms with Crippen LogP contribution in [-0.2, 0) is 6.61 Å². The molecule has 1 aromatic carbocycles. The van der Waals surface area contributed by atoms with E-state index in [2.05, 4.69) is 27.0 Å². The molecule has 3 aromatic rings. The fraction of sp³-hybridized carbons (Fsp3) is 0.227. The number of benzene rings is 1. The van der Waals surface area contributed by atoms with E-state index < -0.39 is 0 Å². The number of aromatic nitrogens is 1. The Labute approximate surface area is 182 Å². The van der Waals surface area contributed by atoms with Gasteiger partial charge in [0.25, 0.3) is 5.91 Å². The number of nitrogens with zero attached hydrogens (tertiary/aromatic N) is 4. The van der Waals surface area contributed by atoms with Gasteiger partial charge in [0.15, 0.2) is 5.76 Å². The van der Waals surface area contributed by atoms with E-state index >= 15 is 0 Å². The molecule has 0 radical (unpaired) electrons. The standard InChI is InChI=1S/C22H19BrN4O3/c23-17-3-5-18(6-4-17)29-15-19-7-8-20(30-19)22(28)27-12-10-26(11-13-27)21-16(14-24)2-1-9-25-21/h1-9H,10-13,15H2. The monoisotopic (exact) mass is 466 g/mol. The highest BCUT2D eigenvalue weighted by molar-refractivity contribution is 9.10. The Balaban J connectivity index is 1.33. The number of nitriles is 1. The molecule has 0 aliphatic carbocycles. The molecule has 30 heavy (non-hydrogen) atoms. The molecule has 0 saturated carbocycles. The van der Waals surface area contributed by atoms with Crippen molar-refractivity contribution in [2.75, 3.05) is 31.1 Å². The predicted molar refractivity (Wildman–Crippen MR) is 114 cm³/mol. The minimum absolute atomic E-state index is 0.147. The number of furan rings is 1. The summed E-state index contributed by atoms with van der Waals surface area (Å²) in [5, 5.41) is 9.26. The molecular weight excluding hydrogens is 448 g/mol. The van der Waals surface area contributed by atoms with E-state index in [9.17, 15) is 10.1 Å². The zero-order valence-electron chi connectivity index (χ0n) is 16.1. The van der Waals surface area contributed by atoms with E-state index in [1.165, 1.54) is 0 Å². The molecule has 1 aliphatic rings. The predicted octanol–water partition coefficient (Wildman–Crippen LogP) is 3.85. The fourth-order valence-corrected chi connectivity index (χ4v) is 3.53. The summed E-state index contributed by atoms with van der Waals surface area (Å²) in [6.07, 6.45) is 1.68. The SMILES string of the molecule is N#Cc1cccnc1N1CCN(C(=O)c2ccc(COc3ccc(Br)cc3)o2)CC1. The number of carbonyl (C=O) groups is 1. The second-order valence-electron chi connectivity index (χ2n) is 6.77. The van der Waals surface area contributed by atoms with Crippen molar-refractivity contribution in [2.45, 2.75) is 6.61 Å². The summed E-state index contributed by atoms with van der Waals surface area (Å²) >= 11 is 3.39. The molecule has 2 aromatic heterocycles. The van der Waals surface area contributed by atoms with Crippen LogP contribution in [0.5, 0.6) is 5.75 Å². The maximum atomic E-state index is 12.8. The quantitative estimate of drug-likeness (QED) is 0.567. The van der Waals surface area contributed by atoms with Crippen LogP contribution < -0.4 is 9.64 Å². The number of ether oxygens (including phenoxy) is 1.